The number of thiophene rings is 1. The van der Waals surface area contributed by atoms with Gasteiger partial charge in [-0.15, -0.1) is 16.4 Å². The molecule has 0 saturated carbocycles. The van der Waals surface area contributed by atoms with Gasteiger partial charge in [0.05, 0.1) is 5.39 Å². The van der Waals surface area contributed by atoms with Gasteiger partial charge in [0, 0.05) is 11.9 Å². The Kier molecular flexibility index (Phi) is 2.10. The topological polar surface area (TPSA) is 47.8 Å². The van der Waals surface area contributed by atoms with Crippen molar-refractivity contribution in [2.45, 2.75) is 26.2 Å². The predicted molar refractivity (Wildman–Crippen MR) is 63.8 cm³/mol. The summed E-state index contributed by atoms with van der Waals surface area (Å²) in [4.78, 5) is 14.2. The van der Waals surface area contributed by atoms with Crippen molar-refractivity contribution in [1.82, 2.24) is 15.0 Å². The molecule has 1 atom stereocenters. The van der Waals surface area contributed by atoms with Crippen molar-refractivity contribution >= 4 is 21.6 Å². The van der Waals surface area contributed by atoms with Crippen LogP contribution >= 0.6 is 11.3 Å². The van der Waals surface area contributed by atoms with E-state index in [0.717, 1.165) is 29.0 Å². The summed E-state index contributed by atoms with van der Waals surface area (Å²) in [6.07, 6.45) is 3.27. The summed E-state index contributed by atoms with van der Waals surface area (Å²) in [5.74, 6) is 0.720. The van der Waals surface area contributed by atoms with Crippen molar-refractivity contribution in [3.8, 4) is 0 Å². The minimum absolute atomic E-state index is 0.00273. The van der Waals surface area contributed by atoms with Gasteiger partial charge in [0.25, 0.3) is 5.56 Å². The lowest BCUT2D eigenvalue weighted by atomic mass is 9.89. The van der Waals surface area contributed by atoms with Gasteiger partial charge in [-0.25, -0.2) is 4.68 Å². The van der Waals surface area contributed by atoms with E-state index in [4.69, 9.17) is 0 Å². The van der Waals surface area contributed by atoms with E-state index in [1.165, 1.54) is 21.5 Å². The molecule has 0 amide bonds. The number of fused-ring (bicyclic) bond motifs is 3. The van der Waals surface area contributed by atoms with Crippen molar-refractivity contribution in [1.29, 1.82) is 0 Å². The van der Waals surface area contributed by atoms with E-state index in [2.05, 4.69) is 17.2 Å². The molecule has 3 rings (SSSR count). The van der Waals surface area contributed by atoms with E-state index in [1.807, 2.05) is 0 Å². The van der Waals surface area contributed by atoms with E-state index in [1.54, 1.807) is 18.4 Å². The largest absolute Gasteiger partial charge is 0.278 e. The predicted octanol–water partition coefficient (Wildman–Crippen LogP) is 1.51. The molecule has 0 aliphatic heterocycles. The van der Waals surface area contributed by atoms with Crippen molar-refractivity contribution < 1.29 is 0 Å². The molecule has 84 valence electrons. The number of nitrogens with zero attached hydrogens (tertiary/aromatic N) is 3. The number of hydrogen-bond donors (Lipinski definition) is 0. The molecule has 0 spiro atoms. The zero-order valence-electron chi connectivity index (χ0n) is 9.36. The molecular formula is C11H13N3OS. The summed E-state index contributed by atoms with van der Waals surface area (Å²) in [6.45, 7) is 2.26. The number of aryl methyl sites for hydroxylation is 2. The highest BCUT2D eigenvalue weighted by Crippen LogP contribution is 2.35. The summed E-state index contributed by atoms with van der Waals surface area (Å²) < 4.78 is 1.33. The Labute approximate surface area is 96.9 Å². The molecule has 1 aliphatic carbocycles. The van der Waals surface area contributed by atoms with E-state index in [0.29, 0.717) is 0 Å². The highest BCUT2D eigenvalue weighted by molar-refractivity contribution is 7.18. The Bertz CT molecular complexity index is 613. The molecule has 2 aromatic heterocycles. The Morgan fingerprint density at radius 2 is 2.31 bits per heavy atom. The van der Waals surface area contributed by atoms with E-state index in [-0.39, 0.29) is 5.56 Å². The van der Waals surface area contributed by atoms with Crippen LogP contribution in [-0.2, 0) is 19.9 Å². The molecule has 0 unspecified atom stereocenters. The van der Waals surface area contributed by atoms with E-state index in [9.17, 15) is 4.79 Å². The first-order chi connectivity index (χ1) is 7.66. The monoisotopic (exact) mass is 235 g/mol. The number of rotatable bonds is 0. The maximum Gasteiger partial charge on any atom is 0.278 e. The van der Waals surface area contributed by atoms with Crippen LogP contribution in [0.2, 0.25) is 0 Å². The molecular weight excluding hydrogens is 222 g/mol. The SMILES string of the molecule is C[C@@H]1CCc2c(sc3nnn(C)c(=O)c23)C1. The van der Waals surface area contributed by atoms with Crippen LogP contribution in [0, 0.1) is 5.92 Å². The molecule has 0 radical (unpaired) electrons. The van der Waals surface area contributed by atoms with Gasteiger partial charge in [-0.1, -0.05) is 12.1 Å². The van der Waals surface area contributed by atoms with Crippen molar-refractivity contribution in [3.05, 3.63) is 20.8 Å². The standard InChI is InChI=1S/C11H13N3OS/c1-6-3-4-7-8(5-6)16-10-9(7)11(15)14(2)13-12-10/h6H,3-5H2,1-2H3/t6-/m1/s1. The molecule has 0 bridgehead atoms. The minimum atomic E-state index is -0.00273. The van der Waals surface area contributed by atoms with Crippen LogP contribution in [0.4, 0.5) is 0 Å². The second-order valence-electron chi connectivity index (χ2n) is 4.55. The van der Waals surface area contributed by atoms with Gasteiger partial charge in [-0.05, 0) is 30.7 Å². The third-order valence-corrected chi connectivity index (χ3v) is 4.41. The fourth-order valence-corrected chi connectivity index (χ4v) is 3.66. The van der Waals surface area contributed by atoms with Crippen LogP contribution < -0.4 is 5.56 Å². The van der Waals surface area contributed by atoms with Gasteiger partial charge in [0.1, 0.15) is 0 Å². The third kappa shape index (κ3) is 1.31. The third-order valence-electron chi connectivity index (χ3n) is 3.27. The number of hydrogen-bond acceptors (Lipinski definition) is 4. The highest BCUT2D eigenvalue weighted by atomic mass is 32.1. The Morgan fingerprint density at radius 3 is 3.12 bits per heavy atom. The molecule has 2 heterocycles. The normalized spacial score (nSPS) is 20.0. The van der Waals surface area contributed by atoms with Gasteiger partial charge in [0.2, 0.25) is 0 Å². The summed E-state index contributed by atoms with van der Waals surface area (Å²) in [6, 6.07) is 0. The molecule has 4 nitrogen and oxygen atoms in total. The maximum absolute atomic E-state index is 12.0. The van der Waals surface area contributed by atoms with Gasteiger partial charge in [0.15, 0.2) is 4.83 Å². The molecule has 0 aromatic carbocycles. The van der Waals surface area contributed by atoms with Crippen molar-refractivity contribution in [2.24, 2.45) is 13.0 Å². The fourth-order valence-electron chi connectivity index (χ4n) is 2.34. The van der Waals surface area contributed by atoms with Crippen LogP contribution in [0.3, 0.4) is 0 Å². The maximum atomic E-state index is 12.0. The average molecular weight is 235 g/mol. The smallest absolute Gasteiger partial charge is 0.267 e. The van der Waals surface area contributed by atoms with E-state index >= 15 is 0 Å². The van der Waals surface area contributed by atoms with Crippen LogP contribution in [0.25, 0.3) is 10.2 Å². The number of aromatic nitrogens is 3. The van der Waals surface area contributed by atoms with Gasteiger partial charge in [-0.3, -0.25) is 4.79 Å². The van der Waals surface area contributed by atoms with Crippen molar-refractivity contribution in [2.75, 3.05) is 0 Å². The fraction of sp³-hybridized carbons (Fsp3) is 0.545. The summed E-state index contributed by atoms with van der Waals surface area (Å²) in [7, 11) is 1.66. The zero-order valence-corrected chi connectivity index (χ0v) is 10.2. The average Bonchev–Trinajstić information content (AvgIpc) is 2.61. The van der Waals surface area contributed by atoms with Crippen molar-refractivity contribution in [3.63, 3.8) is 0 Å². The Morgan fingerprint density at radius 1 is 1.50 bits per heavy atom. The molecule has 0 N–H and O–H groups in total. The lowest BCUT2D eigenvalue weighted by Gasteiger charge is -2.17. The molecule has 5 heteroatoms. The van der Waals surface area contributed by atoms with Gasteiger partial charge < -0.3 is 0 Å². The first-order valence-corrected chi connectivity index (χ1v) is 6.32. The summed E-state index contributed by atoms with van der Waals surface area (Å²) in [5.41, 5.74) is 1.23. The zero-order chi connectivity index (χ0) is 11.3. The highest BCUT2D eigenvalue weighted by Gasteiger charge is 2.22. The van der Waals surface area contributed by atoms with Gasteiger partial charge >= 0.3 is 0 Å². The quantitative estimate of drug-likeness (QED) is 0.695. The van der Waals surface area contributed by atoms with Crippen LogP contribution in [0.15, 0.2) is 4.79 Å². The van der Waals surface area contributed by atoms with E-state index < -0.39 is 0 Å². The van der Waals surface area contributed by atoms with Crippen LogP contribution in [-0.4, -0.2) is 15.0 Å². The first-order valence-electron chi connectivity index (χ1n) is 5.51. The Balaban J connectivity index is 2.35. The molecule has 0 fully saturated rings. The lowest BCUT2D eigenvalue weighted by molar-refractivity contribution is 0.509. The molecule has 16 heavy (non-hydrogen) atoms. The molecule has 0 saturated heterocycles. The Hall–Kier alpha value is -1.23. The summed E-state index contributed by atoms with van der Waals surface area (Å²) in [5, 5.41) is 8.75. The minimum Gasteiger partial charge on any atom is -0.267 e. The molecule has 2 aromatic rings. The first kappa shape index (κ1) is 9.96. The van der Waals surface area contributed by atoms with Gasteiger partial charge in [-0.2, -0.15) is 0 Å². The van der Waals surface area contributed by atoms with Crippen LogP contribution in [0.1, 0.15) is 23.8 Å². The van der Waals surface area contributed by atoms with Crippen LogP contribution in [0.5, 0.6) is 0 Å². The molecule has 1 aliphatic rings. The second-order valence-corrected chi connectivity index (χ2v) is 5.63. The summed E-state index contributed by atoms with van der Waals surface area (Å²) >= 11 is 1.64. The lowest BCUT2D eigenvalue weighted by Crippen LogP contribution is -2.21. The second kappa shape index (κ2) is 3.38.